The molecule has 9 nitrogen and oxygen atoms in total. The molecule has 0 saturated heterocycles. The fourth-order valence-corrected chi connectivity index (χ4v) is 5.44. The zero-order chi connectivity index (χ0) is 19.3. The van der Waals surface area contributed by atoms with E-state index in [1.54, 1.807) is 0 Å². The summed E-state index contributed by atoms with van der Waals surface area (Å²) in [5.74, 6) is -1.22. The van der Waals surface area contributed by atoms with E-state index in [0.29, 0.717) is 0 Å². The van der Waals surface area contributed by atoms with Gasteiger partial charge in [-0.1, -0.05) is 5.11 Å². The van der Waals surface area contributed by atoms with E-state index in [0.717, 1.165) is 19.1 Å². The summed E-state index contributed by atoms with van der Waals surface area (Å²) in [6.45, 7) is 1.13. The van der Waals surface area contributed by atoms with Gasteiger partial charge in [0.25, 0.3) is 0 Å². The molecule has 2 aliphatic rings. The fourth-order valence-electron chi connectivity index (χ4n) is 3.14. The van der Waals surface area contributed by atoms with E-state index in [2.05, 4.69) is 15.0 Å². The molecule has 1 aromatic rings. The second-order valence-corrected chi connectivity index (χ2v) is 8.68. The van der Waals surface area contributed by atoms with Crippen LogP contribution in [0, 0.1) is 5.82 Å². The molecule has 1 spiro atoms. The summed E-state index contributed by atoms with van der Waals surface area (Å²) in [6.07, 6.45) is -1.22. The number of benzene rings is 1. The molecule has 1 fully saturated rings. The largest absolute Gasteiger partial charge is 0.465 e. The molecule has 0 bridgehead atoms. The first-order chi connectivity index (χ1) is 12.1. The van der Waals surface area contributed by atoms with Gasteiger partial charge in [-0.05, 0) is 43.5 Å². The van der Waals surface area contributed by atoms with Crippen LogP contribution in [-0.4, -0.2) is 36.4 Å². The summed E-state index contributed by atoms with van der Waals surface area (Å²) < 4.78 is 49.2. The molecule has 1 heterocycles. The molecule has 0 radical (unpaired) electrons. The van der Waals surface area contributed by atoms with Gasteiger partial charge in [-0.15, -0.1) is 10.6 Å². The van der Waals surface area contributed by atoms with Crippen molar-refractivity contribution in [3.8, 4) is 0 Å². The summed E-state index contributed by atoms with van der Waals surface area (Å²) in [7, 11) is -4.01. The van der Waals surface area contributed by atoms with Crippen LogP contribution in [0.4, 0.5) is 19.3 Å². The van der Waals surface area contributed by atoms with Gasteiger partial charge in [0, 0.05) is 16.2 Å². The Hall–Kier alpha value is -2.40. The second kappa shape index (κ2) is 5.81. The van der Waals surface area contributed by atoms with Crippen molar-refractivity contribution in [2.24, 2.45) is 10.1 Å². The number of amidine groups is 1. The Bertz CT molecular complexity index is 869. The van der Waals surface area contributed by atoms with Gasteiger partial charge in [0.15, 0.2) is 0 Å². The monoisotopic (exact) mass is 387 g/mol. The SMILES string of the molecule is C[C@]1(c2cc(N=[N+]=[N-])ccc2F)N=C(NC(=O)O)C2(CC2)S(O)(O)C1F. The van der Waals surface area contributed by atoms with E-state index in [1.807, 2.05) is 5.32 Å². The number of rotatable bonds is 2. The van der Waals surface area contributed by atoms with E-state index in [1.165, 1.54) is 6.07 Å². The Morgan fingerprint density at radius 3 is 2.69 bits per heavy atom. The number of aliphatic imine (C=N–C) groups is 1. The fraction of sp³-hybridized carbons (Fsp3) is 0.429. The summed E-state index contributed by atoms with van der Waals surface area (Å²) >= 11 is 0. The zero-order valence-corrected chi connectivity index (χ0v) is 14.2. The highest BCUT2D eigenvalue weighted by Crippen LogP contribution is 2.73. The Morgan fingerprint density at radius 2 is 2.15 bits per heavy atom. The maximum Gasteiger partial charge on any atom is 0.410 e. The molecule has 1 unspecified atom stereocenters. The first kappa shape index (κ1) is 18.4. The van der Waals surface area contributed by atoms with E-state index in [-0.39, 0.29) is 29.9 Å². The summed E-state index contributed by atoms with van der Waals surface area (Å²) in [4.78, 5) is 17.7. The van der Waals surface area contributed by atoms with Crippen molar-refractivity contribution in [1.29, 1.82) is 0 Å². The van der Waals surface area contributed by atoms with E-state index in [9.17, 15) is 18.3 Å². The third kappa shape index (κ3) is 2.50. The smallest absolute Gasteiger partial charge is 0.410 e. The lowest BCUT2D eigenvalue weighted by atomic mass is 9.92. The molecule has 2 atom stereocenters. The van der Waals surface area contributed by atoms with E-state index < -0.39 is 38.3 Å². The molecule has 3 rings (SSSR count). The van der Waals surface area contributed by atoms with Crippen molar-refractivity contribution in [3.05, 3.63) is 40.0 Å². The van der Waals surface area contributed by atoms with Crippen LogP contribution in [0.3, 0.4) is 0 Å². The van der Waals surface area contributed by atoms with Crippen molar-refractivity contribution < 1.29 is 27.8 Å². The van der Waals surface area contributed by atoms with Gasteiger partial charge in [0.1, 0.15) is 21.9 Å². The van der Waals surface area contributed by atoms with E-state index in [4.69, 9.17) is 10.6 Å². The Labute approximate surface area is 147 Å². The number of hydrogen-bond donors (Lipinski definition) is 4. The lowest BCUT2D eigenvalue weighted by molar-refractivity contribution is 0.199. The van der Waals surface area contributed by atoms with Gasteiger partial charge in [-0.3, -0.25) is 19.4 Å². The van der Waals surface area contributed by atoms with Gasteiger partial charge < -0.3 is 5.11 Å². The average molecular weight is 387 g/mol. The van der Waals surface area contributed by atoms with Crippen LogP contribution in [0.25, 0.3) is 10.4 Å². The molecule has 1 amide bonds. The molecule has 140 valence electrons. The van der Waals surface area contributed by atoms with Crippen molar-refractivity contribution in [1.82, 2.24) is 5.32 Å². The van der Waals surface area contributed by atoms with Crippen molar-refractivity contribution in [2.75, 3.05) is 0 Å². The average Bonchev–Trinajstić information content (AvgIpc) is 3.36. The van der Waals surface area contributed by atoms with Crippen LogP contribution >= 0.6 is 10.6 Å². The lowest BCUT2D eigenvalue weighted by Crippen LogP contribution is -2.54. The highest BCUT2D eigenvalue weighted by molar-refractivity contribution is 8.26. The highest BCUT2D eigenvalue weighted by atomic mass is 32.3. The number of halogens is 2. The minimum absolute atomic E-state index is 0.0246. The quantitative estimate of drug-likeness (QED) is 0.341. The normalized spacial score (nSPS) is 29.3. The van der Waals surface area contributed by atoms with Crippen molar-refractivity contribution >= 4 is 28.2 Å². The molecule has 0 aromatic heterocycles. The van der Waals surface area contributed by atoms with Gasteiger partial charge in [-0.2, -0.15) is 0 Å². The Kier molecular flexibility index (Phi) is 4.11. The molecule has 1 saturated carbocycles. The number of nitrogens with one attached hydrogen (secondary N) is 1. The highest BCUT2D eigenvalue weighted by Gasteiger charge is 2.68. The van der Waals surface area contributed by atoms with Gasteiger partial charge in [0.2, 0.25) is 5.50 Å². The molecule has 12 heteroatoms. The number of carbonyl (C=O) groups is 1. The number of azide groups is 1. The maximum atomic E-state index is 15.2. The van der Waals surface area contributed by atoms with Crippen LogP contribution < -0.4 is 5.32 Å². The Morgan fingerprint density at radius 1 is 1.50 bits per heavy atom. The number of nitrogens with zero attached hydrogens (tertiary/aromatic N) is 4. The predicted molar refractivity (Wildman–Crippen MR) is 90.9 cm³/mol. The number of carboxylic acid groups (broad SMARTS) is 1. The van der Waals surface area contributed by atoms with Gasteiger partial charge >= 0.3 is 6.09 Å². The minimum Gasteiger partial charge on any atom is -0.465 e. The topological polar surface area (TPSA) is 151 Å². The van der Waals surface area contributed by atoms with E-state index >= 15 is 4.39 Å². The maximum absolute atomic E-state index is 15.2. The van der Waals surface area contributed by atoms with Crippen molar-refractivity contribution in [2.45, 2.75) is 35.6 Å². The lowest BCUT2D eigenvalue weighted by Gasteiger charge is -2.52. The summed E-state index contributed by atoms with van der Waals surface area (Å²) in [6, 6.07) is 3.15. The van der Waals surface area contributed by atoms with Gasteiger partial charge in [-0.25, -0.2) is 13.6 Å². The zero-order valence-electron chi connectivity index (χ0n) is 13.4. The standard InChI is InChI=1S/C14H15F2N5O4S/c1-13(8-6-7(20-21-17)2-3-9(8)15)10(16)26(24,25)14(4-5-14)11(19-13)18-12(22)23/h2-3,6,10,24-25H,4-5H2,1H3,(H,18,19)(H,22,23)/t10?,13-/m1/s1. The predicted octanol–water partition coefficient (Wildman–Crippen LogP) is 4.24. The Balaban J connectivity index is 2.23. The van der Waals surface area contributed by atoms with Crippen LogP contribution in [0.1, 0.15) is 25.3 Å². The molecule has 26 heavy (non-hydrogen) atoms. The third-order valence-corrected chi connectivity index (χ3v) is 7.45. The third-order valence-electron chi connectivity index (χ3n) is 4.67. The molecular formula is C14H15F2N5O4S. The van der Waals surface area contributed by atoms with Crippen LogP contribution in [0.15, 0.2) is 28.3 Å². The van der Waals surface area contributed by atoms with Crippen LogP contribution in [0.2, 0.25) is 0 Å². The first-order valence-electron chi connectivity index (χ1n) is 7.44. The minimum atomic E-state index is -4.01. The molecular weight excluding hydrogens is 372 g/mol. The molecule has 1 aliphatic heterocycles. The summed E-state index contributed by atoms with van der Waals surface area (Å²) in [5.41, 5.74) is 3.60. The van der Waals surface area contributed by atoms with Crippen LogP contribution in [-0.2, 0) is 5.54 Å². The molecule has 1 aromatic carbocycles. The first-order valence-corrected chi connectivity index (χ1v) is 9.05. The van der Waals surface area contributed by atoms with Crippen LogP contribution in [0.5, 0.6) is 0 Å². The van der Waals surface area contributed by atoms with Crippen molar-refractivity contribution in [3.63, 3.8) is 0 Å². The number of hydrogen-bond acceptors (Lipinski definition) is 5. The van der Waals surface area contributed by atoms with Gasteiger partial charge in [0.05, 0.1) is 0 Å². The second-order valence-electron chi connectivity index (χ2n) is 6.29. The number of alkyl halides is 1. The molecule has 1 aliphatic carbocycles. The number of amides is 1. The molecule has 4 N–H and O–H groups in total. The summed E-state index contributed by atoms with van der Waals surface area (Å²) in [5, 5.41) is 14.3.